The van der Waals surface area contributed by atoms with Gasteiger partial charge in [-0.05, 0) is 20.3 Å². The first-order valence-electron chi connectivity index (χ1n) is 6.39. The van der Waals surface area contributed by atoms with Crippen molar-refractivity contribution >= 4 is 11.8 Å². The zero-order chi connectivity index (χ0) is 13.1. The van der Waals surface area contributed by atoms with E-state index in [1.807, 2.05) is 6.92 Å². The highest BCUT2D eigenvalue weighted by Gasteiger charge is 2.11. The van der Waals surface area contributed by atoms with Crippen LogP contribution in [0.1, 0.15) is 40.0 Å². The first-order chi connectivity index (χ1) is 8.11. The largest absolute Gasteiger partial charge is 0.356 e. The molecule has 1 atom stereocenters. The maximum absolute atomic E-state index is 11.5. The van der Waals surface area contributed by atoms with E-state index in [1.165, 1.54) is 0 Å². The summed E-state index contributed by atoms with van der Waals surface area (Å²) in [6.07, 6.45) is 2.47. The number of unbranched alkanes of at least 4 members (excludes halogenated alkanes) is 1. The molecule has 100 valence electrons. The van der Waals surface area contributed by atoms with Crippen LogP contribution in [0.3, 0.4) is 0 Å². The van der Waals surface area contributed by atoms with Crippen LogP contribution in [0.2, 0.25) is 0 Å². The SMILES string of the molecule is CCCCNC(=O)C(C)NCCC(=O)NCC. The fourth-order valence-electron chi connectivity index (χ4n) is 1.32. The van der Waals surface area contributed by atoms with Crippen molar-refractivity contribution in [2.75, 3.05) is 19.6 Å². The Labute approximate surface area is 104 Å². The topological polar surface area (TPSA) is 70.2 Å². The van der Waals surface area contributed by atoms with Gasteiger partial charge in [0.25, 0.3) is 0 Å². The van der Waals surface area contributed by atoms with Crippen molar-refractivity contribution < 1.29 is 9.59 Å². The Balaban J connectivity index is 3.59. The van der Waals surface area contributed by atoms with Crippen molar-refractivity contribution in [3.05, 3.63) is 0 Å². The lowest BCUT2D eigenvalue weighted by Gasteiger charge is -2.13. The molecule has 0 aliphatic rings. The van der Waals surface area contributed by atoms with E-state index in [0.717, 1.165) is 19.4 Å². The summed E-state index contributed by atoms with van der Waals surface area (Å²) in [5, 5.41) is 8.58. The number of carbonyl (C=O) groups is 2. The van der Waals surface area contributed by atoms with E-state index in [0.29, 0.717) is 19.5 Å². The van der Waals surface area contributed by atoms with Gasteiger partial charge in [0.05, 0.1) is 6.04 Å². The van der Waals surface area contributed by atoms with Crippen LogP contribution in [0, 0.1) is 0 Å². The second kappa shape index (κ2) is 10.1. The Morgan fingerprint density at radius 3 is 2.41 bits per heavy atom. The predicted molar refractivity (Wildman–Crippen MR) is 68.7 cm³/mol. The van der Waals surface area contributed by atoms with Crippen LogP contribution in [0.5, 0.6) is 0 Å². The molecular weight excluding hydrogens is 218 g/mol. The van der Waals surface area contributed by atoms with Crippen molar-refractivity contribution in [1.29, 1.82) is 0 Å². The molecule has 0 aromatic heterocycles. The van der Waals surface area contributed by atoms with Crippen molar-refractivity contribution in [3.8, 4) is 0 Å². The minimum Gasteiger partial charge on any atom is -0.356 e. The third-order valence-electron chi connectivity index (χ3n) is 2.40. The number of carbonyl (C=O) groups excluding carboxylic acids is 2. The molecule has 0 aliphatic heterocycles. The number of rotatable bonds is 9. The molecule has 5 nitrogen and oxygen atoms in total. The third-order valence-corrected chi connectivity index (χ3v) is 2.40. The molecule has 0 rings (SSSR count). The van der Waals surface area contributed by atoms with Crippen LogP contribution < -0.4 is 16.0 Å². The summed E-state index contributed by atoms with van der Waals surface area (Å²) >= 11 is 0. The molecule has 0 radical (unpaired) electrons. The van der Waals surface area contributed by atoms with Crippen molar-refractivity contribution in [2.45, 2.75) is 46.1 Å². The monoisotopic (exact) mass is 243 g/mol. The van der Waals surface area contributed by atoms with Gasteiger partial charge in [-0.25, -0.2) is 0 Å². The Hall–Kier alpha value is -1.10. The molecule has 0 saturated heterocycles. The van der Waals surface area contributed by atoms with Gasteiger partial charge in [-0.15, -0.1) is 0 Å². The molecule has 0 aromatic carbocycles. The van der Waals surface area contributed by atoms with Gasteiger partial charge in [-0.3, -0.25) is 9.59 Å². The lowest BCUT2D eigenvalue weighted by Crippen LogP contribution is -2.43. The second-order valence-electron chi connectivity index (χ2n) is 4.02. The van der Waals surface area contributed by atoms with Crippen LogP contribution in [0.4, 0.5) is 0 Å². The summed E-state index contributed by atoms with van der Waals surface area (Å²) in [4.78, 5) is 22.7. The Morgan fingerprint density at radius 1 is 1.12 bits per heavy atom. The van der Waals surface area contributed by atoms with Crippen LogP contribution >= 0.6 is 0 Å². The van der Waals surface area contributed by atoms with E-state index in [-0.39, 0.29) is 17.9 Å². The minimum absolute atomic E-state index is 0.00523. The van der Waals surface area contributed by atoms with E-state index in [1.54, 1.807) is 6.92 Å². The molecule has 0 aliphatic carbocycles. The molecular formula is C12H25N3O2. The Bertz CT molecular complexity index is 232. The quantitative estimate of drug-likeness (QED) is 0.514. The third kappa shape index (κ3) is 8.68. The van der Waals surface area contributed by atoms with Crippen LogP contribution in [0.25, 0.3) is 0 Å². The van der Waals surface area contributed by atoms with Gasteiger partial charge in [-0.2, -0.15) is 0 Å². The van der Waals surface area contributed by atoms with E-state index < -0.39 is 0 Å². The van der Waals surface area contributed by atoms with Crippen molar-refractivity contribution in [1.82, 2.24) is 16.0 Å². The molecule has 0 fully saturated rings. The number of hydrogen-bond donors (Lipinski definition) is 3. The summed E-state index contributed by atoms with van der Waals surface area (Å²) in [6, 6.07) is -0.249. The highest BCUT2D eigenvalue weighted by atomic mass is 16.2. The van der Waals surface area contributed by atoms with Gasteiger partial charge in [0.15, 0.2) is 0 Å². The van der Waals surface area contributed by atoms with E-state index in [4.69, 9.17) is 0 Å². The molecule has 0 bridgehead atoms. The molecule has 1 unspecified atom stereocenters. The van der Waals surface area contributed by atoms with Gasteiger partial charge >= 0.3 is 0 Å². The Morgan fingerprint density at radius 2 is 1.82 bits per heavy atom. The van der Waals surface area contributed by atoms with Crippen molar-refractivity contribution in [3.63, 3.8) is 0 Å². The predicted octanol–water partition coefficient (Wildman–Crippen LogP) is 0.407. The molecule has 0 aromatic rings. The first kappa shape index (κ1) is 15.9. The van der Waals surface area contributed by atoms with Crippen LogP contribution in [0.15, 0.2) is 0 Å². The molecule has 0 spiro atoms. The van der Waals surface area contributed by atoms with Crippen LogP contribution in [-0.4, -0.2) is 37.5 Å². The second-order valence-corrected chi connectivity index (χ2v) is 4.02. The fraction of sp³-hybridized carbons (Fsp3) is 0.833. The van der Waals surface area contributed by atoms with E-state index in [9.17, 15) is 9.59 Å². The summed E-state index contributed by atoms with van der Waals surface area (Å²) < 4.78 is 0. The molecule has 2 amide bonds. The summed E-state index contributed by atoms with van der Waals surface area (Å²) in [5.41, 5.74) is 0. The standard InChI is InChI=1S/C12H25N3O2/c1-4-6-8-15-12(17)10(3)14-9-7-11(16)13-5-2/h10,14H,4-9H2,1-3H3,(H,13,16)(H,15,17). The summed E-state index contributed by atoms with van der Waals surface area (Å²) in [5.74, 6) is 0.00735. The first-order valence-corrected chi connectivity index (χ1v) is 6.39. The maximum Gasteiger partial charge on any atom is 0.236 e. The van der Waals surface area contributed by atoms with Gasteiger partial charge in [0, 0.05) is 26.1 Å². The minimum atomic E-state index is -0.249. The van der Waals surface area contributed by atoms with Gasteiger partial charge in [-0.1, -0.05) is 13.3 Å². The zero-order valence-electron chi connectivity index (χ0n) is 11.1. The Kier molecular flexibility index (Phi) is 9.43. The fourth-order valence-corrected chi connectivity index (χ4v) is 1.32. The van der Waals surface area contributed by atoms with E-state index >= 15 is 0 Å². The highest BCUT2D eigenvalue weighted by Crippen LogP contribution is 1.87. The maximum atomic E-state index is 11.5. The smallest absolute Gasteiger partial charge is 0.236 e. The number of hydrogen-bond acceptors (Lipinski definition) is 3. The molecule has 17 heavy (non-hydrogen) atoms. The zero-order valence-corrected chi connectivity index (χ0v) is 11.1. The lowest BCUT2D eigenvalue weighted by molar-refractivity contribution is -0.124. The van der Waals surface area contributed by atoms with Gasteiger partial charge in [0.1, 0.15) is 0 Å². The highest BCUT2D eigenvalue weighted by molar-refractivity contribution is 5.81. The average molecular weight is 243 g/mol. The number of amides is 2. The summed E-state index contributed by atoms with van der Waals surface area (Å²) in [6.45, 7) is 7.66. The molecule has 5 heteroatoms. The number of nitrogens with one attached hydrogen (secondary N) is 3. The average Bonchev–Trinajstić information content (AvgIpc) is 2.29. The van der Waals surface area contributed by atoms with Crippen molar-refractivity contribution in [2.24, 2.45) is 0 Å². The molecule has 0 saturated carbocycles. The summed E-state index contributed by atoms with van der Waals surface area (Å²) in [7, 11) is 0. The van der Waals surface area contributed by atoms with Gasteiger partial charge < -0.3 is 16.0 Å². The lowest BCUT2D eigenvalue weighted by atomic mass is 10.2. The van der Waals surface area contributed by atoms with E-state index in [2.05, 4.69) is 22.9 Å². The normalized spacial score (nSPS) is 11.9. The molecule has 0 heterocycles. The molecule has 3 N–H and O–H groups in total. The van der Waals surface area contributed by atoms with Crippen LogP contribution in [-0.2, 0) is 9.59 Å². The van der Waals surface area contributed by atoms with Gasteiger partial charge in [0.2, 0.25) is 11.8 Å².